The van der Waals surface area contributed by atoms with Gasteiger partial charge in [-0.25, -0.2) is 9.67 Å². The average molecular weight is 293 g/mol. The highest BCUT2D eigenvalue weighted by atomic mass is 35.5. The molecule has 0 saturated carbocycles. The summed E-state index contributed by atoms with van der Waals surface area (Å²) in [6.07, 6.45) is 4.24. The summed E-state index contributed by atoms with van der Waals surface area (Å²) < 4.78 is 7.13. The van der Waals surface area contributed by atoms with E-state index >= 15 is 0 Å². The lowest BCUT2D eigenvalue weighted by Crippen LogP contribution is -2.26. The van der Waals surface area contributed by atoms with Crippen molar-refractivity contribution >= 4 is 17.3 Å². The van der Waals surface area contributed by atoms with Crippen molar-refractivity contribution in [2.45, 2.75) is 19.4 Å². The molecule has 1 aromatic heterocycles. The van der Waals surface area contributed by atoms with Crippen LogP contribution >= 0.6 is 11.6 Å². The summed E-state index contributed by atoms with van der Waals surface area (Å²) in [5, 5.41) is 8.35. The van der Waals surface area contributed by atoms with Crippen molar-refractivity contribution in [3.8, 4) is 5.69 Å². The van der Waals surface area contributed by atoms with E-state index < -0.39 is 0 Å². The summed E-state index contributed by atoms with van der Waals surface area (Å²) in [7, 11) is 0. The molecule has 3 rings (SSSR count). The number of rotatable bonds is 4. The lowest BCUT2D eigenvalue weighted by atomic mass is 10.0. The van der Waals surface area contributed by atoms with Crippen molar-refractivity contribution in [2.24, 2.45) is 5.92 Å². The van der Waals surface area contributed by atoms with Gasteiger partial charge in [-0.05, 0) is 25.5 Å². The number of para-hydroxylation sites is 1. The van der Waals surface area contributed by atoms with E-state index in [0.29, 0.717) is 17.0 Å². The second-order valence-electron chi connectivity index (χ2n) is 5.03. The summed E-state index contributed by atoms with van der Waals surface area (Å²) >= 11 is 6.31. The van der Waals surface area contributed by atoms with Crippen LogP contribution in [-0.2, 0) is 4.74 Å². The quantitative estimate of drug-likeness (QED) is 0.941. The summed E-state index contributed by atoms with van der Waals surface area (Å²) in [6, 6.07) is 6.11. The zero-order valence-electron chi connectivity index (χ0n) is 11.3. The smallest absolute Gasteiger partial charge is 0.138 e. The summed E-state index contributed by atoms with van der Waals surface area (Å²) in [5.41, 5.74) is 1.79. The van der Waals surface area contributed by atoms with Crippen LogP contribution in [0.4, 0.5) is 5.69 Å². The third-order valence-electron chi connectivity index (χ3n) is 3.69. The van der Waals surface area contributed by atoms with E-state index in [1.807, 2.05) is 18.2 Å². The molecule has 20 heavy (non-hydrogen) atoms. The highest BCUT2D eigenvalue weighted by molar-refractivity contribution is 6.33. The minimum Gasteiger partial charge on any atom is -0.381 e. The summed E-state index contributed by atoms with van der Waals surface area (Å²) in [6.45, 7) is 3.83. The van der Waals surface area contributed by atoms with Crippen LogP contribution in [0.5, 0.6) is 0 Å². The minimum absolute atomic E-state index is 0.318. The number of aromatic nitrogens is 3. The van der Waals surface area contributed by atoms with E-state index in [4.69, 9.17) is 16.3 Å². The van der Waals surface area contributed by atoms with E-state index in [9.17, 15) is 0 Å². The van der Waals surface area contributed by atoms with Crippen LogP contribution in [0.2, 0.25) is 5.02 Å². The Hall–Kier alpha value is -1.59. The van der Waals surface area contributed by atoms with Gasteiger partial charge in [-0.3, -0.25) is 0 Å². The number of benzene rings is 1. The van der Waals surface area contributed by atoms with Gasteiger partial charge in [0.2, 0.25) is 0 Å². The molecule has 0 amide bonds. The SMILES string of the molecule is CC(Nc1cccc(Cl)c1-n1cncn1)C1CCOC1. The van der Waals surface area contributed by atoms with E-state index in [-0.39, 0.29) is 0 Å². The molecule has 1 aliphatic rings. The Balaban J connectivity index is 1.87. The van der Waals surface area contributed by atoms with Gasteiger partial charge >= 0.3 is 0 Å². The Morgan fingerprint density at radius 2 is 2.40 bits per heavy atom. The van der Waals surface area contributed by atoms with E-state index in [1.54, 1.807) is 11.0 Å². The number of anilines is 1. The molecule has 6 heteroatoms. The maximum absolute atomic E-state index is 6.31. The molecule has 1 fully saturated rings. The highest BCUT2D eigenvalue weighted by Gasteiger charge is 2.23. The standard InChI is InChI=1S/C14H17ClN4O/c1-10(11-5-6-20-7-11)18-13-4-2-3-12(15)14(13)19-9-16-8-17-19/h2-4,8-11,18H,5-7H2,1H3. The lowest BCUT2D eigenvalue weighted by molar-refractivity contribution is 0.183. The Morgan fingerprint density at radius 3 is 3.10 bits per heavy atom. The number of nitrogens with zero attached hydrogens (tertiary/aromatic N) is 3. The van der Waals surface area contributed by atoms with Crippen molar-refractivity contribution in [1.82, 2.24) is 14.8 Å². The highest BCUT2D eigenvalue weighted by Crippen LogP contribution is 2.29. The van der Waals surface area contributed by atoms with Crippen LogP contribution in [-0.4, -0.2) is 34.0 Å². The molecule has 2 aromatic rings. The van der Waals surface area contributed by atoms with Gasteiger partial charge in [0.25, 0.3) is 0 Å². The molecule has 5 nitrogen and oxygen atoms in total. The fraction of sp³-hybridized carbons (Fsp3) is 0.429. The summed E-state index contributed by atoms with van der Waals surface area (Å²) in [4.78, 5) is 3.98. The van der Waals surface area contributed by atoms with Crippen LogP contribution in [0.25, 0.3) is 5.69 Å². The van der Waals surface area contributed by atoms with Gasteiger partial charge in [0, 0.05) is 18.6 Å². The molecule has 0 bridgehead atoms. The van der Waals surface area contributed by atoms with Gasteiger partial charge in [-0.15, -0.1) is 0 Å². The maximum atomic E-state index is 6.31. The van der Waals surface area contributed by atoms with Gasteiger partial charge in [-0.1, -0.05) is 17.7 Å². The molecule has 0 aliphatic carbocycles. The molecule has 1 saturated heterocycles. The predicted molar refractivity (Wildman–Crippen MR) is 78.4 cm³/mol. The van der Waals surface area contributed by atoms with E-state index in [1.165, 1.54) is 6.33 Å². The fourth-order valence-electron chi connectivity index (χ4n) is 2.50. The third kappa shape index (κ3) is 2.64. The molecular weight excluding hydrogens is 276 g/mol. The first kappa shape index (κ1) is 13.4. The number of ether oxygens (including phenoxy) is 1. The second-order valence-corrected chi connectivity index (χ2v) is 5.44. The summed E-state index contributed by atoms with van der Waals surface area (Å²) in [5.74, 6) is 0.526. The Bertz CT molecular complexity index is 567. The van der Waals surface area contributed by atoms with Crippen LogP contribution in [0, 0.1) is 5.92 Å². The largest absolute Gasteiger partial charge is 0.381 e. The molecule has 0 spiro atoms. The number of hydrogen-bond donors (Lipinski definition) is 1. The van der Waals surface area contributed by atoms with Crippen molar-refractivity contribution in [3.05, 3.63) is 35.9 Å². The molecule has 2 unspecified atom stereocenters. The molecule has 1 aliphatic heterocycles. The lowest BCUT2D eigenvalue weighted by Gasteiger charge is -2.22. The fourth-order valence-corrected chi connectivity index (χ4v) is 2.76. The first-order valence-electron chi connectivity index (χ1n) is 6.73. The Labute approximate surface area is 122 Å². The van der Waals surface area contributed by atoms with Gasteiger partial charge in [-0.2, -0.15) is 5.10 Å². The van der Waals surface area contributed by atoms with Gasteiger partial charge < -0.3 is 10.1 Å². The number of halogens is 1. The van der Waals surface area contributed by atoms with E-state index in [0.717, 1.165) is 31.0 Å². The molecule has 106 valence electrons. The maximum Gasteiger partial charge on any atom is 0.138 e. The predicted octanol–water partition coefficient (Wildman–Crippen LogP) is 2.76. The molecule has 1 aromatic carbocycles. The van der Waals surface area contributed by atoms with E-state index in [2.05, 4.69) is 22.3 Å². The van der Waals surface area contributed by atoms with Crippen LogP contribution < -0.4 is 5.32 Å². The zero-order valence-corrected chi connectivity index (χ0v) is 12.0. The van der Waals surface area contributed by atoms with Crippen molar-refractivity contribution in [1.29, 1.82) is 0 Å². The third-order valence-corrected chi connectivity index (χ3v) is 3.99. The first-order chi connectivity index (χ1) is 9.75. The zero-order chi connectivity index (χ0) is 13.9. The number of nitrogens with one attached hydrogen (secondary N) is 1. The van der Waals surface area contributed by atoms with Gasteiger partial charge in [0.1, 0.15) is 18.3 Å². The average Bonchev–Trinajstić information content (AvgIpc) is 3.12. The molecule has 1 N–H and O–H groups in total. The second kappa shape index (κ2) is 5.81. The normalized spacial score (nSPS) is 20.0. The van der Waals surface area contributed by atoms with Crippen LogP contribution in [0.3, 0.4) is 0 Å². The molecule has 0 radical (unpaired) electrons. The van der Waals surface area contributed by atoms with Crippen molar-refractivity contribution < 1.29 is 4.74 Å². The molecule has 2 atom stereocenters. The topological polar surface area (TPSA) is 52.0 Å². The Kier molecular flexibility index (Phi) is 3.89. The van der Waals surface area contributed by atoms with Crippen molar-refractivity contribution in [2.75, 3.05) is 18.5 Å². The monoisotopic (exact) mass is 292 g/mol. The molecule has 2 heterocycles. The van der Waals surface area contributed by atoms with Crippen LogP contribution in [0.1, 0.15) is 13.3 Å². The minimum atomic E-state index is 0.318. The van der Waals surface area contributed by atoms with Crippen molar-refractivity contribution in [3.63, 3.8) is 0 Å². The Morgan fingerprint density at radius 1 is 1.50 bits per heavy atom. The van der Waals surface area contributed by atoms with Gasteiger partial charge in [0.05, 0.1) is 17.3 Å². The first-order valence-corrected chi connectivity index (χ1v) is 7.11. The molecular formula is C14H17ClN4O. The van der Waals surface area contributed by atoms with Gasteiger partial charge in [0.15, 0.2) is 0 Å². The van der Waals surface area contributed by atoms with Crippen LogP contribution in [0.15, 0.2) is 30.9 Å². The number of hydrogen-bond acceptors (Lipinski definition) is 4.